The van der Waals surface area contributed by atoms with Gasteiger partial charge in [0.15, 0.2) is 0 Å². The molecule has 23 heavy (non-hydrogen) atoms. The van der Waals surface area contributed by atoms with Gasteiger partial charge in [0.05, 0.1) is 11.8 Å². The third-order valence-electron chi connectivity index (χ3n) is 3.47. The summed E-state index contributed by atoms with van der Waals surface area (Å²) in [5, 5.41) is 1.73. The third kappa shape index (κ3) is 2.82. The minimum Gasteiger partial charge on any atom is -0.495 e. The molecule has 122 valence electrons. The second kappa shape index (κ2) is 6.10. The van der Waals surface area contributed by atoms with E-state index in [1.54, 1.807) is 24.6 Å². The lowest BCUT2D eigenvalue weighted by Crippen LogP contribution is -2.16. The van der Waals surface area contributed by atoms with Gasteiger partial charge in [0, 0.05) is 6.54 Å². The van der Waals surface area contributed by atoms with Crippen molar-refractivity contribution in [3.63, 3.8) is 0 Å². The Labute approximate surface area is 142 Å². The number of benzene rings is 1. The molecule has 0 spiro atoms. The molecule has 8 heteroatoms. The van der Waals surface area contributed by atoms with Crippen LogP contribution in [0.1, 0.15) is 12.5 Å². The zero-order valence-corrected chi connectivity index (χ0v) is 15.4. The first-order valence-electron chi connectivity index (χ1n) is 6.99. The molecule has 0 aliphatic heterocycles. The highest BCUT2D eigenvalue weighted by Crippen LogP contribution is 2.30. The van der Waals surface area contributed by atoms with Crippen LogP contribution in [0.4, 0.5) is 0 Å². The summed E-state index contributed by atoms with van der Waals surface area (Å²) in [7, 11) is -2.08. The lowest BCUT2D eigenvalue weighted by Gasteiger charge is -2.07. The Balaban J connectivity index is 2.35. The van der Waals surface area contributed by atoms with Gasteiger partial charge in [-0.3, -0.25) is 0 Å². The van der Waals surface area contributed by atoms with Crippen molar-refractivity contribution in [3.8, 4) is 5.75 Å². The van der Waals surface area contributed by atoms with Crippen molar-refractivity contribution in [1.82, 2.24) is 4.57 Å². The van der Waals surface area contributed by atoms with E-state index in [2.05, 4.69) is 4.40 Å². The fourth-order valence-corrected chi connectivity index (χ4v) is 5.72. The fraction of sp³-hybridized carbons (Fsp3) is 0.267. The molecule has 0 N–H and O–H groups in total. The van der Waals surface area contributed by atoms with Crippen molar-refractivity contribution in [2.45, 2.75) is 24.6 Å². The highest BCUT2D eigenvalue weighted by Gasteiger charge is 2.17. The molecule has 0 bridgehead atoms. The third-order valence-corrected chi connectivity index (χ3v) is 7.44. The maximum absolute atomic E-state index is 12.5. The minimum absolute atomic E-state index is 0.251. The van der Waals surface area contributed by atoms with Crippen molar-refractivity contribution >= 4 is 42.9 Å². The van der Waals surface area contributed by atoms with Crippen LogP contribution in [0.15, 0.2) is 38.3 Å². The average molecular weight is 369 g/mol. The molecule has 3 aromatic rings. The Hall–Kier alpha value is -1.64. The van der Waals surface area contributed by atoms with Gasteiger partial charge in [-0.05, 0) is 36.9 Å². The lowest BCUT2D eigenvalue weighted by molar-refractivity contribution is 0.417. The molecule has 0 aliphatic rings. The maximum atomic E-state index is 12.5. The molecular formula is C15H16N2O3S3. The summed E-state index contributed by atoms with van der Waals surface area (Å²) in [4.78, 5) is 0.462. The van der Waals surface area contributed by atoms with E-state index in [0.717, 1.165) is 21.5 Å². The van der Waals surface area contributed by atoms with E-state index in [1.807, 2.05) is 30.5 Å². The van der Waals surface area contributed by atoms with E-state index in [-0.39, 0.29) is 4.21 Å². The number of methoxy groups -OCH3 is 1. The van der Waals surface area contributed by atoms with E-state index in [0.29, 0.717) is 11.3 Å². The van der Waals surface area contributed by atoms with E-state index in [9.17, 15) is 8.42 Å². The first-order chi connectivity index (χ1) is 11.0. The molecule has 0 amide bonds. The van der Waals surface area contributed by atoms with Crippen LogP contribution < -0.4 is 9.54 Å². The Morgan fingerprint density at radius 2 is 2.09 bits per heavy atom. The fourth-order valence-electron chi connectivity index (χ4n) is 2.36. The Kier molecular flexibility index (Phi) is 4.31. The van der Waals surface area contributed by atoms with Gasteiger partial charge in [-0.25, -0.2) is 0 Å². The van der Waals surface area contributed by atoms with E-state index in [1.165, 1.54) is 22.7 Å². The van der Waals surface area contributed by atoms with Gasteiger partial charge in [0.25, 0.3) is 10.0 Å². The number of hydrogen-bond acceptors (Lipinski definition) is 5. The number of rotatable bonds is 4. The smallest absolute Gasteiger partial charge is 0.294 e. The molecule has 0 aliphatic carbocycles. The van der Waals surface area contributed by atoms with E-state index < -0.39 is 10.0 Å². The van der Waals surface area contributed by atoms with Gasteiger partial charge in [-0.15, -0.1) is 15.7 Å². The molecule has 1 aromatic carbocycles. The molecule has 0 atom stereocenters. The van der Waals surface area contributed by atoms with Crippen molar-refractivity contribution in [1.29, 1.82) is 0 Å². The van der Waals surface area contributed by atoms with Gasteiger partial charge >= 0.3 is 0 Å². The quantitative estimate of drug-likeness (QED) is 0.709. The SMILES string of the molecule is CCn1/c(=N/S(=O)(=O)c2cccs2)sc2c(C)ccc(OC)c21. The Morgan fingerprint density at radius 1 is 1.30 bits per heavy atom. The first kappa shape index (κ1) is 16.2. The summed E-state index contributed by atoms with van der Waals surface area (Å²) >= 11 is 2.54. The van der Waals surface area contributed by atoms with Crippen molar-refractivity contribution in [3.05, 3.63) is 40.0 Å². The standard InChI is InChI=1S/C15H16N2O3S3/c1-4-17-13-11(20-3)8-7-10(2)14(13)22-15(17)16-23(18,19)12-6-5-9-21-12/h5-9H,4H2,1-3H3/b16-15-. The highest BCUT2D eigenvalue weighted by molar-refractivity contribution is 7.92. The van der Waals surface area contributed by atoms with Crippen LogP contribution in [0.5, 0.6) is 5.75 Å². The summed E-state index contributed by atoms with van der Waals surface area (Å²) < 4.78 is 37.5. The maximum Gasteiger partial charge on any atom is 0.294 e. The van der Waals surface area contributed by atoms with E-state index >= 15 is 0 Å². The Bertz CT molecular complexity index is 1010. The van der Waals surface area contributed by atoms with Gasteiger partial charge in [-0.2, -0.15) is 8.42 Å². The molecular weight excluding hydrogens is 352 g/mol. The number of ether oxygens (including phenoxy) is 1. The van der Waals surface area contributed by atoms with Crippen LogP contribution in [0, 0.1) is 6.92 Å². The Morgan fingerprint density at radius 3 is 2.70 bits per heavy atom. The molecule has 0 fully saturated rings. The number of nitrogens with zero attached hydrogens (tertiary/aromatic N) is 2. The number of fused-ring (bicyclic) bond motifs is 1. The molecule has 0 unspecified atom stereocenters. The zero-order valence-electron chi connectivity index (χ0n) is 12.9. The van der Waals surface area contributed by atoms with Gasteiger partial charge in [0.1, 0.15) is 15.5 Å². The summed E-state index contributed by atoms with van der Waals surface area (Å²) in [6.07, 6.45) is 0. The largest absolute Gasteiger partial charge is 0.495 e. The minimum atomic E-state index is -3.69. The number of aryl methyl sites for hydroxylation is 2. The molecule has 0 radical (unpaired) electrons. The van der Waals surface area contributed by atoms with Crippen LogP contribution >= 0.6 is 22.7 Å². The van der Waals surface area contributed by atoms with Crippen LogP contribution in [0.25, 0.3) is 10.2 Å². The predicted molar refractivity (Wildman–Crippen MR) is 93.8 cm³/mol. The predicted octanol–water partition coefficient (Wildman–Crippen LogP) is 3.39. The van der Waals surface area contributed by atoms with Crippen molar-refractivity contribution < 1.29 is 13.2 Å². The number of aromatic nitrogens is 1. The molecule has 2 heterocycles. The zero-order chi connectivity index (χ0) is 16.6. The molecule has 0 saturated carbocycles. The van der Waals surface area contributed by atoms with E-state index in [4.69, 9.17) is 4.74 Å². The molecule has 2 aromatic heterocycles. The van der Waals surface area contributed by atoms with Gasteiger partial charge in [-0.1, -0.05) is 23.5 Å². The summed E-state index contributed by atoms with van der Waals surface area (Å²) in [6.45, 7) is 4.57. The first-order valence-corrected chi connectivity index (χ1v) is 10.1. The van der Waals surface area contributed by atoms with Crippen LogP contribution in [0.3, 0.4) is 0 Å². The van der Waals surface area contributed by atoms with Crippen LogP contribution in [-0.4, -0.2) is 20.1 Å². The molecule has 0 saturated heterocycles. The number of thiophene rings is 1. The normalized spacial score (nSPS) is 12.9. The van der Waals surface area contributed by atoms with Crippen molar-refractivity contribution in [2.24, 2.45) is 4.40 Å². The number of thiazole rings is 1. The second-order valence-electron chi connectivity index (χ2n) is 4.89. The second-order valence-corrected chi connectivity index (χ2v) is 8.65. The monoisotopic (exact) mass is 368 g/mol. The number of sulfonamides is 1. The number of hydrogen-bond donors (Lipinski definition) is 0. The van der Waals surface area contributed by atoms with Crippen molar-refractivity contribution in [2.75, 3.05) is 7.11 Å². The molecule has 3 rings (SSSR count). The average Bonchev–Trinajstić information content (AvgIpc) is 3.15. The topological polar surface area (TPSA) is 60.7 Å². The summed E-state index contributed by atoms with van der Waals surface area (Å²) in [5.74, 6) is 0.721. The lowest BCUT2D eigenvalue weighted by atomic mass is 10.2. The summed E-state index contributed by atoms with van der Waals surface area (Å²) in [6, 6.07) is 7.14. The molecule has 5 nitrogen and oxygen atoms in total. The van der Waals surface area contributed by atoms with Gasteiger partial charge < -0.3 is 9.30 Å². The van der Waals surface area contributed by atoms with Crippen LogP contribution in [0.2, 0.25) is 0 Å². The van der Waals surface area contributed by atoms with Gasteiger partial charge in [0.2, 0.25) is 4.80 Å². The summed E-state index contributed by atoms with van der Waals surface area (Å²) in [5.41, 5.74) is 1.96. The van der Waals surface area contributed by atoms with Crippen LogP contribution in [-0.2, 0) is 16.6 Å². The highest BCUT2D eigenvalue weighted by atomic mass is 32.2.